The molecule has 7 heteroatoms. The van der Waals surface area contributed by atoms with Gasteiger partial charge in [-0.05, 0) is 65.0 Å². The largest absolute Gasteiger partial charge is 0.460 e. The summed E-state index contributed by atoms with van der Waals surface area (Å²) in [4.78, 5) is 37.7. The maximum atomic E-state index is 13.3. The van der Waals surface area contributed by atoms with Gasteiger partial charge in [-0.3, -0.25) is 18.7 Å². The lowest BCUT2D eigenvalue weighted by molar-refractivity contribution is -0.154. The first kappa shape index (κ1) is 24.1. The summed E-state index contributed by atoms with van der Waals surface area (Å²) in [6, 6.07) is 7.31. The molecule has 176 valence electrons. The van der Waals surface area contributed by atoms with E-state index >= 15 is 0 Å². The van der Waals surface area contributed by atoms with Gasteiger partial charge in [-0.25, -0.2) is 4.79 Å². The SMILES string of the molecule is CC(C)(C)OC(=O)CCCCCCCn1c(=O)n(C2CCCCNC2=O)c2ccccc21. The Morgan fingerprint density at radius 3 is 2.47 bits per heavy atom. The highest BCUT2D eigenvalue weighted by atomic mass is 16.6. The average Bonchev–Trinajstić information content (AvgIpc) is 2.84. The molecule has 1 unspecified atom stereocenters. The van der Waals surface area contributed by atoms with E-state index in [9.17, 15) is 14.4 Å². The van der Waals surface area contributed by atoms with Gasteiger partial charge in [0.2, 0.25) is 5.91 Å². The molecular weight excluding hydrogens is 406 g/mol. The highest BCUT2D eigenvalue weighted by molar-refractivity contribution is 5.84. The Balaban J connectivity index is 1.57. The molecule has 1 aromatic carbocycles. The molecule has 1 aromatic heterocycles. The number of unbranched alkanes of at least 4 members (excludes halogenated alkanes) is 4. The van der Waals surface area contributed by atoms with Crippen molar-refractivity contribution in [2.45, 2.75) is 96.7 Å². The van der Waals surface area contributed by atoms with Crippen LogP contribution >= 0.6 is 0 Å². The number of fused-ring (bicyclic) bond motifs is 1. The van der Waals surface area contributed by atoms with E-state index in [1.807, 2.05) is 49.6 Å². The zero-order chi connectivity index (χ0) is 23.1. The molecule has 32 heavy (non-hydrogen) atoms. The second kappa shape index (κ2) is 10.8. The summed E-state index contributed by atoms with van der Waals surface area (Å²) >= 11 is 0. The normalized spacial score (nSPS) is 17.2. The molecule has 1 N–H and O–H groups in total. The molecule has 7 nitrogen and oxygen atoms in total. The van der Waals surface area contributed by atoms with Crippen LogP contribution in [0.15, 0.2) is 29.1 Å². The lowest BCUT2D eigenvalue weighted by Crippen LogP contribution is -2.36. The number of para-hydroxylation sites is 2. The number of nitrogens with zero attached hydrogens (tertiary/aromatic N) is 2. The van der Waals surface area contributed by atoms with Crippen molar-refractivity contribution in [2.24, 2.45) is 0 Å². The summed E-state index contributed by atoms with van der Waals surface area (Å²) < 4.78 is 8.84. The van der Waals surface area contributed by atoms with E-state index in [4.69, 9.17) is 4.74 Å². The second-order valence-corrected chi connectivity index (χ2v) is 9.70. The van der Waals surface area contributed by atoms with Gasteiger partial charge in [0.1, 0.15) is 11.6 Å². The number of amides is 1. The van der Waals surface area contributed by atoms with Crippen LogP contribution in [0.3, 0.4) is 0 Å². The summed E-state index contributed by atoms with van der Waals surface area (Å²) in [6.07, 6.45) is 7.71. The number of imidazole rings is 1. The van der Waals surface area contributed by atoms with E-state index < -0.39 is 11.6 Å². The van der Waals surface area contributed by atoms with Crippen molar-refractivity contribution in [2.75, 3.05) is 6.54 Å². The minimum atomic E-state index is -0.441. The summed E-state index contributed by atoms with van der Waals surface area (Å²) in [5, 5.41) is 2.95. The zero-order valence-electron chi connectivity index (χ0n) is 19.7. The third-order valence-electron chi connectivity index (χ3n) is 5.87. The monoisotopic (exact) mass is 443 g/mol. The molecule has 1 fully saturated rings. The maximum Gasteiger partial charge on any atom is 0.329 e. The summed E-state index contributed by atoms with van der Waals surface area (Å²) in [5.41, 5.74) is 1.19. The van der Waals surface area contributed by atoms with Gasteiger partial charge in [0.25, 0.3) is 0 Å². The van der Waals surface area contributed by atoms with Gasteiger partial charge < -0.3 is 10.1 Å². The number of rotatable bonds is 9. The van der Waals surface area contributed by atoms with Crippen molar-refractivity contribution >= 4 is 22.9 Å². The maximum absolute atomic E-state index is 13.3. The van der Waals surface area contributed by atoms with Gasteiger partial charge in [0.15, 0.2) is 0 Å². The van der Waals surface area contributed by atoms with Crippen molar-refractivity contribution in [3.8, 4) is 0 Å². The summed E-state index contributed by atoms with van der Waals surface area (Å²) in [5.74, 6) is -0.197. The van der Waals surface area contributed by atoms with Gasteiger partial charge in [0.05, 0.1) is 11.0 Å². The number of aryl methyl sites for hydroxylation is 1. The second-order valence-electron chi connectivity index (χ2n) is 9.70. The molecule has 2 heterocycles. The Kier molecular flexibility index (Phi) is 8.15. The number of benzene rings is 1. The van der Waals surface area contributed by atoms with E-state index in [0.29, 0.717) is 25.9 Å². The fourth-order valence-electron chi connectivity index (χ4n) is 4.38. The van der Waals surface area contributed by atoms with E-state index in [0.717, 1.165) is 56.0 Å². The Hall–Kier alpha value is -2.57. The molecule has 1 aliphatic rings. The Morgan fingerprint density at radius 1 is 1.03 bits per heavy atom. The predicted molar refractivity (Wildman–Crippen MR) is 126 cm³/mol. The van der Waals surface area contributed by atoms with Crippen LogP contribution in [0.5, 0.6) is 0 Å². The van der Waals surface area contributed by atoms with Gasteiger partial charge in [0, 0.05) is 19.5 Å². The van der Waals surface area contributed by atoms with Crippen LogP contribution in [-0.2, 0) is 20.9 Å². The molecular formula is C25H37N3O4. The first-order valence-corrected chi connectivity index (χ1v) is 12.0. The predicted octanol–water partition coefficient (Wildman–Crippen LogP) is 4.33. The molecule has 0 bridgehead atoms. The summed E-state index contributed by atoms with van der Waals surface area (Å²) in [6.45, 7) is 6.95. The zero-order valence-corrected chi connectivity index (χ0v) is 19.7. The number of aromatic nitrogens is 2. The Labute approximate surface area is 190 Å². The van der Waals surface area contributed by atoms with Crippen molar-refractivity contribution in [1.82, 2.24) is 14.5 Å². The first-order chi connectivity index (χ1) is 15.3. The molecule has 0 spiro atoms. The van der Waals surface area contributed by atoms with Crippen LogP contribution in [0.25, 0.3) is 11.0 Å². The molecule has 1 amide bonds. The molecule has 0 aliphatic carbocycles. The number of esters is 1. The highest BCUT2D eigenvalue weighted by Gasteiger charge is 2.27. The van der Waals surface area contributed by atoms with Crippen molar-refractivity contribution in [1.29, 1.82) is 0 Å². The number of carbonyl (C=O) groups excluding carboxylic acids is 2. The molecule has 0 saturated carbocycles. The average molecular weight is 444 g/mol. The van der Waals surface area contributed by atoms with Gasteiger partial charge in [-0.15, -0.1) is 0 Å². The quantitative estimate of drug-likeness (QED) is 0.462. The number of ether oxygens (including phenoxy) is 1. The van der Waals surface area contributed by atoms with E-state index in [1.54, 1.807) is 4.57 Å². The molecule has 1 saturated heterocycles. The third-order valence-corrected chi connectivity index (χ3v) is 5.87. The van der Waals surface area contributed by atoms with Crippen molar-refractivity contribution < 1.29 is 14.3 Å². The van der Waals surface area contributed by atoms with Gasteiger partial charge in [-0.2, -0.15) is 0 Å². The fourth-order valence-corrected chi connectivity index (χ4v) is 4.38. The van der Waals surface area contributed by atoms with E-state index in [-0.39, 0.29) is 17.6 Å². The number of hydrogen-bond donors (Lipinski definition) is 1. The Morgan fingerprint density at radius 2 is 1.72 bits per heavy atom. The molecule has 0 radical (unpaired) electrons. The third kappa shape index (κ3) is 6.24. The number of nitrogens with one attached hydrogen (secondary N) is 1. The highest BCUT2D eigenvalue weighted by Crippen LogP contribution is 2.23. The smallest absolute Gasteiger partial charge is 0.329 e. The topological polar surface area (TPSA) is 82.3 Å². The fraction of sp³-hybridized carbons (Fsp3) is 0.640. The van der Waals surface area contributed by atoms with Crippen LogP contribution in [0.2, 0.25) is 0 Å². The standard InChI is InChI=1S/C25H37N3O4/c1-25(2,3)32-22(29)16-7-5-4-6-12-18-27-19-13-8-9-14-20(19)28(24(27)31)21-15-10-11-17-26-23(21)30/h8-9,13-14,21H,4-7,10-12,15-18H2,1-3H3,(H,26,30). The Bertz CT molecular complexity index is 983. The van der Waals surface area contributed by atoms with Crippen molar-refractivity contribution in [3.05, 3.63) is 34.7 Å². The van der Waals surface area contributed by atoms with Crippen LogP contribution in [0, 0.1) is 0 Å². The lowest BCUT2D eigenvalue weighted by atomic mass is 10.1. The van der Waals surface area contributed by atoms with Crippen LogP contribution in [-0.4, -0.2) is 33.2 Å². The number of carbonyl (C=O) groups is 2. The van der Waals surface area contributed by atoms with Crippen LogP contribution in [0.1, 0.15) is 84.6 Å². The van der Waals surface area contributed by atoms with Gasteiger partial charge >= 0.3 is 11.7 Å². The molecule has 3 rings (SSSR count). The minimum absolute atomic E-state index is 0.0579. The minimum Gasteiger partial charge on any atom is -0.460 e. The summed E-state index contributed by atoms with van der Waals surface area (Å²) in [7, 11) is 0. The van der Waals surface area contributed by atoms with E-state index in [1.165, 1.54) is 0 Å². The van der Waals surface area contributed by atoms with Crippen molar-refractivity contribution in [3.63, 3.8) is 0 Å². The first-order valence-electron chi connectivity index (χ1n) is 12.0. The molecule has 1 atom stereocenters. The molecule has 2 aromatic rings. The molecule has 1 aliphatic heterocycles. The number of hydrogen-bond acceptors (Lipinski definition) is 4. The van der Waals surface area contributed by atoms with Gasteiger partial charge in [-0.1, -0.05) is 31.4 Å². The van der Waals surface area contributed by atoms with E-state index in [2.05, 4.69) is 5.32 Å². The van der Waals surface area contributed by atoms with Crippen LogP contribution < -0.4 is 11.0 Å². The lowest BCUT2D eigenvalue weighted by Gasteiger charge is -2.19. The van der Waals surface area contributed by atoms with Crippen LogP contribution in [0.4, 0.5) is 0 Å².